The summed E-state index contributed by atoms with van der Waals surface area (Å²) in [5.74, 6) is 0.979. The molecule has 2 atom stereocenters. The van der Waals surface area contributed by atoms with E-state index in [9.17, 15) is 9.59 Å². The number of carbonyl (C=O) groups excluding carboxylic acids is 2. The maximum absolute atomic E-state index is 11.9. The quantitative estimate of drug-likeness (QED) is 0.840. The summed E-state index contributed by atoms with van der Waals surface area (Å²) < 4.78 is 5.42. The van der Waals surface area contributed by atoms with E-state index >= 15 is 0 Å². The number of hydrogen-bond acceptors (Lipinski definition) is 3. The molecular formula is C16H21NO3. The van der Waals surface area contributed by atoms with Gasteiger partial charge in [-0.15, -0.1) is 0 Å². The third kappa shape index (κ3) is 4.08. The molecule has 2 unspecified atom stereocenters. The summed E-state index contributed by atoms with van der Waals surface area (Å²) in [7, 11) is 0. The molecule has 108 valence electrons. The van der Waals surface area contributed by atoms with Crippen molar-refractivity contribution in [1.29, 1.82) is 0 Å². The second-order valence-electron chi connectivity index (χ2n) is 5.41. The molecule has 1 aliphatic rings. The van der Waals surface area contributed by atoms with Gasteiger partial charge in [-0.05, 0) is 30.9 Å². The standard InChI is InChI=1S/C16H21NO3/c1-12-5-2-3-8-15(12)17-16(19)11-20-14-7-4-6-13(9-14)10-18/h4,6-7,9-10,12,15H,2-3,5,8,11H2,1H3,(H,17,19). The highest BCUT2D eigenvalue weighted by atomic mass is 16.5. The molecule has 0 radical (unpaired) electrons. The monoisotopic (exact) mass is 275 g/mol. The third-order valence-corrected chi connectivity index (χ3v) is 3.82. The van der Waals surface area contributed by atoms with Crippen LogP contribution in [0, 0.1) is 5.92 Å². The molecule has 0 bridgehead atoms. The van der Waals surface area contributed by atoms with Crippen LogP contribution < -0.4 is 10.1 Å². The SMILES string of the molecule is CC1CCCCC1NC(=O)COc1cccc(C=O)c1. The van der Waals surface area contributed by atoms with E-state index in [0.717, 1.165) is 12.7 Å². The van der Waals surface area contributed by atoms with E-state index in [2.05, 4.69) is 12.2 Å². The zero-order valence-corrected chi connectivity index (χ0v) is 11.8. The van der Waals surface area contributed by atoms with Gasteiger partial charge < -0.3 is 10.1 Å². The minimum absolute atomic E-state index is 0.00840. The zero-order valence-electron chi connectivity index (χ0n) is 11.8. The van der Waals surface area contributed by atoms with Crippen LogP contribution >= 0.6 is 0 Å². The Labute approximate surface area is 119 Å². The number of benzene rings is 1. The Kier molecular flexibility index (Phi) is 5.16. The zero-order chi connectivity index (χ0) is 14.4. The summed E-state index contributed by atoms with van der Waals surface area (Å²) in [4.78, 5) is 22.5. The summed E-state index contributed by atoms with van der Waals surface area (Å²) >= 11 is 0. The first-order valence-corrected chi connectivity index (χ1v) is 7.16. The molecule has 1 N–H and O–H groups in total. The number of amides is 1. The van der Waals surface area contributed by atoms with Gasteiger partial charge in [0.2, 0.25) is 0 Å². The first kappa shape index (κ1) is 14.6. The maximum atomic E-state index is 11.9. The van der Waals surface area contributed by atoms with Crippen molar-refractivity contribution in [3.05, 3.63) is 29.8 Å². The molecule has 1 saturated carbocycles. The Bertz CT molecular complexity index is 473. The van der Waals surface area contributed by atoms with Crippen LogP contribution in [0.15, 0.2) is 24.3 Å². The molecule has 1 aliphatic carbocycles. The van der Waals surface area contributed by atoms with Gasteiger partial charge in [0.05, 0.1) is 0 Å². The lowest BCUT2D eigenvalue weighted by molar-refractivity contribution is -0.124. The lowest BCUT2D eigenvalue weighted by atomic mass is 9.86. The number of hydrogen-bond donors (Lipinski definition) is 1. The Balaban J connectivity index is 1.80. The van der Waals surface area contributed by atoms with E-state index in [1.807, 2.05) is 0 Å². The van der Waals surface area contributed by atoms with Gasteiger partial charge >= 0.3 is 0 Å². The second kappa shape index (κ2) is 7.08. The average Bonchev–Trinajstić information content (AvgIpc) is 2.48. The van der Waals surface area contributed by atoms with Crippen LogP contribution in [-0.2, 0) is 4.79 Å². The number of rotatable bonds is 5. The highest BCUT2D eigenvalue weighted by molar-refractivity contribution is 5.78. The average molecular weight is 275 g/mol. The molecule has 0 saturated heterocycles. The summed E-state index contributed by atoms with van der Waals surface area (Å²) in [6.45, 7) is 2.17. The van der Waals surface area contributed by atoms with Crippen molar-refractivity contribution in [2.24, 2.45) is 5.92 Å². The van der Waals surface area contributed by atoms with Crippen LogP contribution in [0.4, 0.5) is 0 Å². The molecule has 1 fully saturated rings. The van der Waals surface area contributed by atoms with Crippen molar-refractivity contribution in [3.8, 4) is 5.75 Å². The maximum Gasteiger partial charge on any atom is 0.258 e. The molecule has 1 amide bonds. The fourth-order valence-electron chi connectivity index (χ4n) is 2.61. The summed E-state index contributed by atoms with van der Waals surface area (Å²) in [6, 6.07) is 7.07. The molecule has 4 nitrogen and oxygen atoms in total. The predicted molar refractivity (Wildman–Crippen MR) is 76.9 cm³/mol. The van der Waals surface area contributed by atoms with E-state index in [4.69, 9.17) is 4.74 Å². The van der Waals surface area contributed by atoms with Crippen LogP contribution in [-0.4, -0.2) is 24.8 Å². The molecule has 2 rings (SSSR count). The van der Waals surface area contributed by atoms with E-state index in [-0.39, 0.29) is 18.6 Å². The minimum Gasteiger partial charge on any atom is -0.484 e. The fourth-order valence-corrected chi connectivity index (χ4v) is 2.61. The predicted octanol–water partition coefficient (Wildman–Crippen LogP) is 2.57. The molecule has 0 heterocycles. The largest absolute Gasteiger partial charge is 0.484 e. The number of ether oxygens (including phenoxy) is 1. The molecule has 0 aromatic heterocycles. The topological polar surface area (TPSA) is 55.4 Å². The highest BCUT2D eigenvalue weighted by Crippen LogP contribution is 2.23. The van der Waals surface area contributed by atoms with E-state index in [1.165, 1.54) is 19.3 Å². The van der Waals surface area contributed by atoms with E-state index < -0.39 is 0 Å². The van der Waals surface area contributed by atoms with Crippen molar-refractivity contribution in [1.82, 2.24) is 5.32 Å². The smallest absolute Gasteiger partial charge is 0.258 e. The third-order valence-electron chi connectivity index (χ3n) is 3.82. The number of carbonyl (C=O) groups is 2. The van der Waals surface area contributed by atoms with Crippen molar-refractivity contribution < 1.29 is 14.3 Å². The van der Waals surface area contributed by atoms with Crippen molar-refractivity contribution in [3.63, 3.8) is 0 Å². The van der Waals surface area contributed by atoms with Crippen molar-refractivity contribution >= 4 is 12.2 Å². The first-order valence-electron chi connectivity index (χ1n) is 7.16. The molecule has 0 aliphatic heterocycles. The summed E-state index contributed by atoms with van der Waals surface area (Å²) in [5.41, 5.74) is 0.545. The normalized spacial score (nSPS) is 22.1. The van der Waals surface area contributed by atoms with Crippen LogP contribution in [0.3, 0.4) is 0 Å². The lowest BCUT2D eigenvalue weighted by Crippen LogP contribution is -2.43. The minimum atomic E-state index is -0.0970. The molecule has 1 aromatic rings. The van der Waals surface area contributed by atoms with E-state index in [1.54, 1.807) is 24.3 Å². The van der Waals surface area contributed by atoms with Gasteiger partial charge in [0.25, 0.3) is 5.91 Å². The lowest BCUT2D eigenvalue weighted by Gasteiger charge is -2.29. The van der Waals surface area contributed by atoms with Gasteiger partial charge in [0.15, 0.2) is 6.61 Å². The Hall–Kier alpha value is -1.84. The molecule has 4 heteroatoms. The van der Waals surface area contributed by atoms with Crippen LogP contribution in [0.2, 0.25) is 0 Å². The summed E-state index contributed by atoms with van der Waals surface area (Å²) in [6.07, 6.45) is 5.41. The second-order valence-corrected chi connectivity index (χ2v) is 5.41. The Morgan fingerprint density at radius 1 is 1.40 bits per heavy atom. The molecular weight excluding hydrogens is 254 g/mol. The van der Waals surface area contributed by atoms with Crippen LogP contribution in [0.25, 0.3) is 0 Å². The highest BCUT2D eigenvalue weighted by Gasteiger charge is 2.22. The first-order chi connectivity index (χ1) is 9.69. The van der Waals surface area contributed by atoms with E-state index in [0.29, 0.717) is 17.2 Å². The van der Waals surface area contributed by atoms with Crippen LogP contribution in [0.5, 0.6) is 5.75 Å². The molecule has 1 aromatic carbocycles. The Morgan fingerprint density at radius 3 is 2.95 bits per heavy atom. The van der Waals surface area contributed by atoms with Gasteiger partial charge in [-0.25, -0.2) is 0 Å². The summed E-state index contributed by atoms with van der Waals surface area (Å²) in [5, 5.41) is 3.03. The molecule has 0 spiro atoms. The Morgan fingerprint density at radius 2 is 2.20 bits per heavy atom. The van der Waals surface area contributed by atoms with Gasteiger partial charge in [-0.1, -0.05) is 31.9 Å². The molecule has 20 heavy (non-hydrogen) atoms. The van der Waals surface area contributed by atoms with Gasteiger partial charge in [0, 0.05) is 11.6 Å². The van der Waals surface area contributed by atoms with Gasteiger partial charge in [0.1, 0.15) is 12.0 Å². The van der Waals surface area contributed by atoms with Gasteiger partial charge in [-0.2, -0.15) is 0 Å². The van der Waals surface area contributed by atoms with Crippen molar-refractivity contribution in [2.45, 2.75) is 38.6 Å². The number of aldehydes is 1. The van der Waals surface area contributed by atoms with Crippen molar-refractivity contribution in [2.75, 3.05) is 6.61 Å². The number of nitrogens with one attached hydrogen (secondary N) is 1. The van der Waals surface area contributed by atoms with Gasteiger partial charge in [-0.3, -0.25) is 9.59 Å². The fraction of sp³-hybridized carbons (Fsp3) is 0.500. The van der Waals surface area contributed by atoms with Crippen LogP contribution in [0.1, 0.15) is 43.0 Å².